The van der Waals surface area contributed by atoms with Crippen molar-refractivity contribution in [2.24, 2.45) is 11.8 Å². The SMILES string of the molecule is O=C(c1ncccn1)N1CC2CC(c3ccccc3C(F)(F)F)CC2C1. The minimum absolute atomic E-state index is 0.104. The molecule has 4 rings (SSSR count). The van der Waals surface area contributed by atoms with Gasteiger partial charge in [-0.15, -0.1) is 0 Å². The van der Waals surface area contributed by atoms with E-state index in [9.17, 15) is 18.0 Å². The van der Waals surface area contributed by atoms with Crippen LogP contribution >= 0.6 is 0 Å². The first-order valence-electron chi connectivity index (χ1n) is 8.66. The number of alkyl halides is 3. The first-order valence-corrected chi connectivity index (χ1v) is 8.66. The Morgan fingerprint density at radius 2 is 1.62 bits per heavy atom. The molecule has 26 heavy (non-hydrogen) atoms. The topological polar surface area (TPSA) is 46.1 Å². The van der Waals surface area contributed by atoms with Crippen LogP contribution < -0.4 is 0 Å². The lowest BCUT2D eigenvalue weighted by molar-refractivity contribution is -0.138. The molecule has 0 spiro atoms. The second-order valence-corrected chi connectivity index (χ2v) is 7.06. The van der Waals surface area contributed by atoms with Crippen LogP contribution in [-0.4, -0.2) is 33.9 Å². The first kappa shape index (κ1) is 17.0. The van der Waals surface area contributed by atoms with E-state index in [-0.39, 0.29) is 29.5 Å². The van der Waals surface area contributed by atoms with Gasteiger partial charge in [0.1, 0.15) is 0 Å². The monoisotopic (exact) mass is 361 g/mol. The Bertz CT molecular complexity index is 795. The second kappa shape index (κ2) is 6.37. The Morgan fingerprint density at radius 3 is 2.23 bits per heavy atom. The molecule has 2 fully saturated rings. The van der Waals surface area contributed by atoms with E-state index in [0.717, 1.165) is 6.07 Å². The number of nitrogens with zero attached hydrogens (tertiary/aromatic N) is 3. The highest BCUT2D eigenvalue weighted by Crippen LogP contribution is 2.48. The van der Waals surface area contributed by atoms with E-state index in [1.165, 1.54) is 18.5 Å². The van der Waals surface area contributed by atoms with E-state index >= 15 is 0 Å². The van der Waals surface area contributed by atoms with Crippen molar-refractivity contribution in [2.45, 2.75) is 24.9 Å². The van der Waals surface area contributed by atoms with Crippen LogP contribution in [0.3, 0.4) is 0 Å². The number of amides is 1. The summed E-state index contributed by atoms with van der Waals surface area (Å²) < 4.78 is 39.8. The molecule has 1 aromatic heterocycles. The molecule has 2 unspecified atom stereocenters. The van der Waals surface area contributed by atoms with Crippen LogP contribution in [0.5, 0.6) is 0 Å². The van der Waals surface area contributed by atoms with E-state index in [2.05, 4.69) is 9.97 Å². The average molecular weight is 361 g/mol. The predicted molar refractivity (Wildman–Crippen MR) is 88.3 cm³/mol. The van der Waals surface area contributed by atoms with E-state index in [1.807, 2.05) is 0 Å². The van der Waals surface area contributed by atoms with Gasteiger partial charge in [0, 0.05) is 25.5 Å². The number of aromatic nitrogens is 2. The summed E-state index contributed by atoms with van der Waals surface area (Å²) in [4.78, 5) is 22.2. The molecule has 4 nitrogen and oxygen atoms in total. The van der Waals surface area contributed by atoms with Gasteiger partial charge in [-0.25, -0.2) is 9.97 Å². The molecule has 136 valence electrons. The summed E-state index contributed by atoms with van der Waals surface area (Å²) in [5.41, 5.74) is -0.144. The summed E-state index contributed by atoms with van der Waals surface area (Å²) in [6.45, 7) is 1.12. The molecule has 2 heterocycles. The van der Waals surface area contributed by atoms with Gasteiger partial charge in [-0.05, 0) is 48.3 Å². The molecule has 2 aliphatic rings. The number of hydrogen-bond acceptors (Lipinski definition) is 3. The second-order valence-electron chi connectivity index (χ2n) is 7.06. The lowest BCUT2D eigenvalue weighted by atomic mass is 9.91. The molecule has 1 saturated heterocycles. The molecule has 1 aliphatic carbocycles. The van der Waals surface area contributed by atoms with Crippen molar-refractivity contribution in [3.8, 4) is 0 Å². The van der Waals surface area contributed by atoms with Crippen LogP contribution in [-0.2, 0) is 6.18 Å². The van der Waals surface area contributed by atoms with Crippen molar-refractivity contribution in [2.75, 3.05) is 13.1 Å². The van der Waals surface area contributed by atoms with Gasteiger partial charge in [0.05, 0.1) is 5.56 Å². The fourth-order valence-corrected chi connectivity index (χ4v) is 4.38. The summed E-state index contributed by atoms with van der Waals surface area (Å²) >= 11 is 0. The van der Waals surface area contributed by atoms with Crippen LogP contribution in [0.1, 0.15) is 40.5 Å². The number of likely N-dealkylation sites (tertiary alicyclic amines) is 1. The maximum absolute atomic E-state index is 13.3. The smallest absolute Gasteiger partial charge is 0.335 e. The van der Waals surface area contributed by atoms with Gasteiger partial charge in [-0.1, -0.05) is 18.2 Å². The number of benzene rings is 1. The zero-order valence-electron chi connectivity index (χ0n) is 14.0. The van der Waals surface area contributed by atoms with Crippen LogP contribution in [0.25, 0.3) is 0 Å². The highest BCUT2D eigenvalue weighted by molar-refractivity contribution is 5.90. The number of halogens is 3. The van der Waals surface area contributed by atoms with Gasteiger partial charge in [-0.3, -0.25) is 4.79 Å². The van der Waals surface area contributed by atoms with Crippen molar-refractivity contribution < 1.29 is 18.0 Å². The molecule has 0 bridgehead atoms. The van der Waals surface area contributed by atoms with Crippen LogP contribution in [0.4, 0.5) is 13.2 Å². The minimum atomic E-state index is -4.33. The summed E-state index contributed by atoms with van der Waals surface area (Å²) in [6, 6.07) is 7.50. The summed E-state index contributed by atoms with van der Waals surface area (Å²) in [5, 5.41) is 0. The minimum Gasteiger partial charge on any atom is -0.335 e. The Labute approximate surface area is 149 Å². The number of carbonyl (C=O) groups excluding carboxylic acids is 1. The predicted octanol–water partition coefficient (Wildman–Crippen LogP) is 3.76. The molecule has 0 N–H and O–H groups in total. The molecule has 0 radical (unpaired) electrons. The fourth-order valence-electron chi connectivity index (χ4n) is 4.38. The average Bonchev–Trinajstić information content (AvgIpc) is 3.20. The molecule has 1 aliphatic heterocycles. The molecule has 1 amide bonds. The van der Waals surface area contributed by atoms with Crippen LogP contribution in [0.15, 0.2) is 42.7 Å². The largest absolute Gasteiger partial charge is 0.416 e. The van der Waals surface area contributed by atoms with Crippen molar-refractivity contribution in [1.82, 2.24) is 14.9 Å². The maximum atomic E-state index is 13.3. The third kappa shape index (κ3) is 3.06. The fraction of sp³-hybridized carbons (Fsp3) is 0.421. The van der Waals surface area contributed by atoms with Gasteiger partial charge >= 0.3 is 6.18 Å². The lowest BCUT2D eigenvalue weighted by Gasteiger charge is -2.21. The van der Waals surface area contributed by atoms with E-state index < -0.39 is 11.7 Å². The molecule has 7 heteroatoms. The van der Waals surface area contributed by atoms with E-state index in [4.69, 9.17) is 0 Å². The molecular weight excluding hydrogens is 343 g/mol. The Balaban J connectivity index is 1.47. The van der Waals surface area contributed by atoms with Crippen molar-refractivity contribution in [3.63, 3.8) is 0 Å². The lowest BCUT2D eigenvalue weighted by Crippen LogP contribution is -2.31. The summed E-state index contributed by atoms with van der Waals surface area (Å²) in [6.07, 6.45) is 0.0811. The molecule has 1 saturated carbocycles. The Hall–Kier alpha value is -2.44. The van der Waals surface area contributed by atoms with Crippen LogP contribution in [0, 0.1) is 11.8 Å². The Morgan fingerprint density at radius 1 is 1.00 bits per heavy atom. The van der Waals surface area contributed by atoms with Gasteiger partial charge in [0.25, 0.3) is 5.91 Å². The Kier molecular flexibility index (Phi) is 4.17. The quantitative estimate of drug-likeness (QED) is 0.818. The zero-order chi connectivity index (χ0) is 18.3. The van der Waals surface area contributed by atoms with Gasteiger partial charge in [-0.2, -0.15) is 13.2 Å². The highest BCUT2D eigenvalue weighted by Gasteiger charge is 2.45. The standard InChI is InChI=1S/C19H18F3N3O/c20-19(21,22)16-5-2-1-4-15(16)12-8-13-10-25(11-14(13)9-12)18(26)17-23-6-3-7-24-17/h1-7,12-14H,8-11H2. The number of carbonyl (C=O) groups is 1. The number of hydrogen-bond donors (Lipinski definition) is 0. The zero-order valence-corrected chi connectivity index (χ0v) is 14.0. The molecular formula is C19H18F3N3O. The van der Waals surface area contributed by atoms with Gasteiger partial charge in [0.2, 0.25) is 5.82 Å². The van der Waals surface area contributed by atoms with Crippen molar-refractivity contribution in [1.29, 1.82) is 0 Å². The van der Waals surface area contributed by atoms with E-state index in [1.54, 1.807) is 23.1 Å². The molecule has 1 aromatic carbocycles. The molecule has 2 atom stereocenters. The normalized spacial score (nSPS) is 25.3. The van der Waals surface area contributed by atoms with Crippen LogP contribution in [0.2, 0.25) is 0 Å². The summed E-state index contributed by atoms with van der Waals surface area (Å²) in [7, 11) is 0. The van der Waals surface area contributed by atoms with Gasteiger partial charge in [0.15, 0.2) is 0 Å². The third-order valence-corrected chi connectivity index (χ3v) is 5.50. The highest BCUT2D eigenvalue weighted by atomic mass is 19.4. The number of rotatable bonds is 2. The first-order chi connectivity index (χ1) is 12.4. The van der Waals surface area contributed by atoms with E-state index in [0.29, 0.717) is 31.5 Å². The summed E-state index contributed by atoms with van der Waals surface area (Å²) in [5.74, 6) is 0.328. The third-order valence-electron chi connectivity index (χ3n) is 5.50. The van der Waals surface area contributed by atoms with Crippen molar-refractivity contribution in [3.05, 3.63) is 59.7 Å². The van der Waals surface area contributed by atoms with Gasteiger partial charge < -0.3 is 4.90 Å². The molecule has 2 aromatic rings. The number of fused-ring (bicyclic) bond motifs is 1. The van der Waals surface area contributed by atoms with Crippen molar-refractivity contribution >= 4 is 5.91 Å². The maximum Gasteiger partial charge on any atom is 0.416 e.